The highest BCUT2D eigenvalue weighted by Crippen LogP contribution is 2.57. The number of hydrogen-bond acceptors (Lipinski definition) is 5. The van der Waals surface area contributed by atoms with Gasteiger partial charge in [-0.25, -0.2) is 0 Å². The molecule has 33 heavy (non-hydrogen) atoms. The fourth-order valence-electron chi connectivity index (χ4n) is 5.71. The van der Waals surface area contributed by atoms with Gasteiger partial charge in [-0.15, -0.1) is 0 Å². The Bertz CT molecular complexity index is 1040. The molecule has 1 aromatic heterocycles. The van der Waals surface area contributed by atoms with Crippen molar-refractivity contribution in [3.8, 4) is 0 Å². The SMILES string of the molecule is CCC[C@H]1CC(NC(=O)C2CN(c3ccc(C(F)(F)F)c4nccnc34)CC23CC3)CCN1. The van der Waals surface area contributed by atoms with Crippen molar-refractivity contribution in [1.29, 1.82) is 0 Å². The summed E-state index contributed by atoms with van der Waals surface area (Å²) in [7, 11) is 0. The minimum absolute atomic E-state index is 0.0828. The minimum atomic E-state index is -4.50. The van der Waals surface area contributed by atoms with Crippen molar-refractivity contribution in [2.45, 2.75) is 63.7 Å². The summed E-state index contributed by atoms with van der Waals surface area (Å²) in [5, 5.41) is 6.83. The van der Waals surface area contributed by atoms with Gasteiger partial charge in [0.25, 0.3) is 0 Å². The minimum Gasteiger partial charge on any atom is -0.368 e. The Morgan fingerprint density at radius 2 is 2.00 bits per heavy atom. The first kappa shape index (κ1) is 22.4. The second kappa shape index (κ2) is 8.42. The van der Waals surface area contributed by atoms with Gasteiger partial charge in [0.15, 0.2) is 0 Å². The standard InChI is InChI=1S/C24H30F3N5O/c1-2-3-15-12-16(6-9-28-15)31-22(33)18-13-32(14-23(18)7-8-23)19-5-4-17(24(25,26)27)20-21(19)30-11-10-29-20/h4-5,10-11,15-16,18,28H,2-3,6-9,12-14H2,1H3,(H,31,33)/t15-,16?,18?/m0/s1. The maximum absolute atomic E-state index is 13.5. The highest BCUT2D eigenvalue weighted by atomic mass is 19.4. The Hall–Kier alpha value is -2.42. The molecule has 1 aliphatic carbocycles. The quantitative estimate of drug-likeness (QED) is 0.707. The Morgan fingerprint density at radius 3 is 2.70 bits per heavy atom. The van der Waals surface area contributed by atoms with E-state index in [1.54, 1.807) is 0 Å². The summed E-state index contributed by atoms with van der Waals surface area (Å²) < 4.78 is 40.5. The third-order valence-corrected chi connectivity index (χ3v) is 7.58. The van der Waals surface area contributed by atoms with E-state index in [4.69, 9.17) is 0 Å². The van der Waals surface area contributed by atoms with Crippen molar-refractivity contribution in [1.82, 2.24) is 20.6 Å². The lowest BCUT2D eigenvalue weighted by Gasteiger charge is -2.32. The van der Waals surface area contributed by atoms with Crippen LogP contribution < -0.4 is 15.5 Å². The van der Waals surface area contributed by atoms with Crippen LogP contribution in [-0.4, -0.2) is 47.6 Å². The van der Waals surface area contributed by atoms with Gasteiger partial charge in [0.2, 0.25) is 5.91 Å². The van der Waals surface area contributed by atoms with E-state index in [0.717, 1.165) is 51.1 Å². The average Bonchev–Trinajstić information content (AvgIpc) is 3.44. The Morgan fingerprint density at radius 1 is 1.24 bits per heavy atom. The molecule has 2 saturated heterocycles. The number of hydrogen-bond donors (Lipinski definition) is 2. The summed E-state index contributed by atoms with van der Waals surface area (Å²) in [6.07, 6.45) is 4.24. The number of nitrogens with zero attached hydrogens (tertiary/aromatic N) is 3. The van der Waals surface area contributed by atoms with Crippen molar-refractivity contribution >= 4 is 22.6 Å². The molecule has 1 saturated carbocycles. The van der Waals surface area contributed by atoms with Gasteiger partial charge in [-0.3, -0.25) is 14.8 Å². The van der Waals surface area contributed by atoms with E-state index < -0.39 is 11.7 Å². The average molecular weight is 462 g/mol. The van der Waals surface area contributed by atoms with Gasteiger partial charge in [-0.05, 0) is 50.8 Å². The lowest BCUT2D eigenvalue weighted by molar-refractivity contribution is -0.136. The number of amides is 1. The van der Waals surface area contributed by atoms with Crippen molar-refractivity contribution in [3.63, 3.8) is 0 Å². The molecule has 0 bridgehead atoms. The van der Waals surface area contributed by atoms with E-state index in [-0.39, 0.29) is 34.3 Å². The normalized spacial score (nSPS) is 26.7. The van der Waals surface area contributed by atoms with Crippen LogP contribution in [0.25, 0.3) is 11.0 Å². The van der Waals surface area contributed by atoms with Gasteiger partial charge in [0.1, 0.15) is 11.0 Å². The number of nitrogens with one attached hydrogen (secondary N) is 2. The molecule has 2 N–H and O–H groups in total. The molecule has 1 spiro atoms. The molecule has 9 heteroatoms. The molecule has 3 aliphatic rings. The number of anilines is 1. The fourth-order valence-corrected chi connectivity index (χ4v) is 5.71. The molecule has 2 aliphatic heterocycles. The molecule has 3 atom stereocenters. The molecule has 1 amide bonds. The molecule has 6 nitrogen and oxygen atoms in total. The molecule has 2 unspecified atom stereocenters. The zero-order valence-corrected chi connectivity index (χ0v) is 18.8. The van der Waals surface area contributed by atoms with E-state index in [0.29, 0.717) is 24.8 Å². The number of alkyl halides is 3. The van der Waals surface area contributed by atoms with Crippen molar-refractivity contribution in [2.24, 2.45) is 11.3 Å². The monoisotopic (exact) mass is 461 g/mol. The summed E-state index contributed by atoms with van der Waals surface area (Å²) in [6.45, 7) is 4.23. The summed E-state index contributed by atoms with van der Waals surface area (Å²) >= 11 is 0. The molecular weight excluding hydrogens is 431 g/mol. The highest BCUT2D eigenvalue weighted by molar-refractivity contribution is 5.92. The topological polar surface area (TPSA) is 70.2 Å². The second-order valence-electron chi connectivity index (χ2n) is 9.85. The molecule has 3 heterocycles. The number of piperidine rings is 1. The van der Waals surface area contributed by atoms with Gasteiger partial charge in [0, 0.05) is 43.0 Å². The first-order valence-electron chi connectivity index (χ1n) is 11.9. The van der Waals surface area contributed by atoms with Gasteiger partial charge in [-0.2, -0.15) is 13.2 Å². The molecular formula is C24H30F3N5O. The predicted octanol–water partition coefficient (Wildman–Crippen LogP) is 3.90. The van der Waals surface area contributed by atoms with Crippen LogP contribution in [-0.2, 0) is 11.0 Å². The maximum Gasteiger partial charge on any atom is 0.418 e. The van der Waals surface area contributed by atoms with E-state index in [1.807, 2.05) is 4.90 Å². The number of aromatic nitrogens is 2. The largest absolute Gasteiger partial charge is 0.418 e. The first-order valence-corrected chi connectivity index (χ1v) is 11.9. The Balaban J connectivity index is 1.36. The van der Waals surface area contributed by atoms with Crippen LogP contribution in [0, 0.1) is 11.3 Å². The molecule has 5 rings (SSSR count). The summed E-state index contributed by atoms with van der Waals surface area (Å²) in [5.41, 5.74) is -0.146. The smallest absolute Gasteiger partial charge is 0.368 e. The zero-order chi connectivity index (χ0) is 23.2. The van der Waals surface area contributed by atoms with Crippen LogP contribution in [0.15, 0.2) is 24.5 Å². The van der Waals surface area contributed by atoms with E-state index in [1.165, 1.54) is 18.5 Å². The predicted molar refractivity (Wildman–Crippen MR) is 120 cm³/mol. The van der Waals surface area contributed by atoms with Gasteiger partial charge < -0.3 is 15.5 Å². The molecule has 0 radical (unpaired) electrons. The van der Waals surface area contributed by atoms with E-state index >= 15 is 0 Å². The number of fused-ring (bicyclic) bond motifs is 1. The lowest BCUT2D eigenvalue weighted by Crippen LogP contribution is -2.50. The number of benzene rings is 1. The van der Waals surface area contributed by atoms with Gasteiger partial charge in [0.05, 0.1) is 17.2 Å². The lowest BCUT2D eigenvalue weighted by atomic mass is 9.90. The van der Waals surface area contributed by atoms with Crippen LogP contribution in [0.2, 0.25) is 0 Å². The van der Waals surface area contributed by atoms with Crippen molar-refractivity contribution < 1.29 is 18.0 Å². The number of carbonyl (C=O) groups is 1. The highest BCUT2D eigenvalue weighted by Gasteiger charge is 2.58. The Kier molecular flexibility index (Phi) is 5.71. The number of halogens is 3. The van der Waals surface area contributed by atoms with Crippen LogP contribution in [0.4, 0.5) is 18.9 Å². The summed E-state index contributed by atoms with van der Waals surface area (Å²) in [5.74, 6) is -0.0783. The van der Waals surface area contributed by atoms with E-state index in [9.17, 15) is 18.0 Å². The summed E-state index contributed by atoms with van der Waals surface area (Å²) in [6, 6.07) is 3.19. The number of rotatable bonds is 5. The van der Waals surface area contributed by atoms with Crippen LogP contribution in [0.3, 0.4) is 0 Å². The van der Waals surface area contributed by atoms with Crippen LogP contribution in [0.5, 0.6) is 0 Å². The molecule has 1 aromatic carbocycles. The zero-order valence-electron chi connectivity index (χ0n) is 18.8. The van der Waals surface area contributed by atoms with Crippen LogP contribution >= 0.6 is 0 Å². The summed E-state index contributed by atoms with van der Waals surface area (Å²) in [4.78, 5) is 23.6. The molecule has 2 aromatic rings. The third kappa shape index (κ3) is 4.27. The van der Waals surface area contributed by atoms with Crippen molar-refractivity contribution in [3.05, 3.63) is 30.1 Å². The first-order chi connectivity index (χ1) is 15.8. The van der Waals surface area contributed by atoms with Crippen molar-refractivity contribution in [2.75, 3.05) is 24.5 Å². The fraction of sp³-hybridized carbons (Fsp3) is 0.625. The Labute approximate surface area is 191 Å². The van der Waals surface area contributed by atoms with Gasteiger partial charge >= 0.3 is 6.18 Å². The second-order valence-corrected chi connectivity index (χ2v) is 9.85. The molecule has 178 valence electrons. The van der Waals surface area contributed by atoms with Crippen LogP contribution in [0.1, 0.15) is 51.0 Å². The third-order valence-electron chi connectivity index (χ3n) is 7.58. The molecule has 3 fully saturated rings. The van der Waals surface area contributed by atoms with Gasteiger partial charge in [-0.1, -0.05) is 13.3 Å². The van der Waals surface area contributed by atoms with E-state index in [2.05, 4.69) is 27.5 Å². The number of carbonyl (C=O) groups excluding carboxylic acids is 1. The maximum atomic E-state index is 13.5.